The minimum Gasteiger partial charge on any atom is -0.496 e. The summed E-state index contributed by atoms with van der Waals surface area (Å²) in [5.41, 5.74) is 1.07. The van der Waals surface area contributed by atoms with E-state index in [9.17, 15) is 9.90 Å². The standard InChI is InChI=1S/C23H22N2O5/c1-15(26)30-23(13-21(23)27)18-8-4-6-10-20(18)29-14-16-11-12-24-22(25-16)17-7-3-5-9-19(17)28-2/h3-12,21,27H,13-14H2,1-2H3/t21-,23?/m1/s1. The van der Waals surface area contributed by atoms with Gasteiger partial charge in [-0.3, -0.25) is 4.79 Å². The smallest absolute Gasteiger partial charge is 0.303 e. The van der Waals surface area contributed by atoms with Crippen LogP contribution in [0.2, 0.25) is 0 Å². The van der Waals surface area contributed by atoms with Crippen molar-refractivity contribution in [1.82, 2.24) is 9.97 Å². The molecule has 154 valence electrons. The molecule has 7 nitrogen and oxygen atoms in total. The minimum atomic E-state index is -1.04. The first-order valence-electron chi connectivity index (χ1n) is 9.59. The molecule has 2 aromatic carbocycles. The Kier molecular flexibility index (Phi) is 5.37. The van der Waals surface area contributed by atoms with Crippen LogP contribution in [0.25, 0.3) is 11.4 Å². The summed E-state index contributed by atoms with van der Waals surface area (Å²) in [6.07, 6.45) is 1.27. The SMILES string of the molecule is COc1ccccc1-c1nccc(COc2ccccc2C2(OC(C)=O)C[C@H]2O)n1. The predicted molar refractivity (Wildman–Crippen MR) is 109 cm³/mol. The Morgan fingerprint density at radius 3 is 2.53 bits per heavy atom. The molecule has 1 aliphatic rings. The van der Waals surface area contributed by atoms with Crippen LogP contribution in [-0.4, -0.2) is 34.3 Å². The highest BCUT2D eigenvalue weighted by molar-refractivity contribution is 5.68. The Labute approximate surface area is 174 Å². The van der Waals surface area contributed by atoms with Crippen LogP contribution in [0.3, 0.4) is 0 Å². The van der Waals surface area contributed by atoms with Gasteiger partial charge in [0.25, 0.3) is 0 Å². The second-order valence-electron chi connectivity index (χ2n) is 7.06. The zero-order valence-corrected chi connectivity index (χ0v) is 16.7. The zero-order chi connectivity index (χ0) is 21.1. The summed E-state index contributed by atoms with van der Waals surface area (Å²) in [4.78, 5) is 20.5. The van der Waals surface area contributed by atoms with Gasteiger partial charge in [-0.2, -0.15) is 0 Å². The second kappa shape index (κ2) is 8.12. The number of carbonyl (C=O) groups is 1. The Morgan fingerprint density at radius 1 is 1.13 bits per heavy atom. The number of carbonyl (C=O) groups excluding carboxylic acids is 1. The van der Waals surface area contributed by atoms with Gasteiger partial charge in [-0.15, -0.1) is 0 Å². The van der Waals surface area contributed by atoms with Crippen LogP contribution in [-0.2, 0) is 21.7 Å². The van der Waals surface area contributed by atoms with Gasteiger partial charge >= 0.3 is 5.97 Å². The summed E-state index contributed by atoms with van der Waals surface area (Å²) in [6, 6.07) is 16.5. The van der Waals surface area contributed by atoms with Gasteiger partial charge in [0.15, 0.2) is 11.4 Å². The topological polar surface area (TPSA) is 90.8 Å². The van der Waals surface area contributed by atoms with Crippen molar-refractivity contribution in [2.45, 2.75) is 31.7 Å². The number of methoxy groups -OCH3 is 1. The van der Waals surface area contributed by atoms with E-state index in [0.717, 1.165) is 5.56 Å². The van der Waals surface area contributed by atoms with Crippen molar-refractivity contribution >= 4 is 5.97 Å². The fourth-order valence-electron chi connectivity index (χ4n) is 3.47. The highest BCUT2D eigenvalue weighted by Gasteiger charge is 2.60. The van der Waals surface area contributed by atoms with Crippen LogP contribution in [0.1, 0.15) is 24.6 Å². The number of benzene rings is 2. The van der Waals surface area contributed by atoms with Crippen molar-refractivity contribution in [1.29, 1.82) is 0 Å². The third-order valence-corrected chi connectivity index (χ3v) is 4.98. The number of hydrogen-bond donors (Lipinski definition) is 1. The molecule has 7 heteroatoms. The van der Waals surface area contributed by atoms with E-state index in [-0.39, 0.29) is 6.61 Å². The average Bonchev–Trinajstić information content (AvgIpc) is 3.41. The van der Waals surface area contributed by atoms with Crippen molar-refractivity contribution in [2.75, 3.05) is 7.11 Å². The van der Waals surface area contributed by atoms with E-state index in [0.29, 0.717) is 35.0 Å². The van der Waals surface area contributed by atoms with Crippen molar-refractivity contribution in [3.63, 3.8) is 0 Å². The Balaban J connectivity index is 1.56. The quantitative estimate of drug-likeness (QED) is 0.602. The number of para-hydroxylation sites is 2. The summed E-state index contributed by atoms with van der Waals surface area (Å²) in [6.45, 7) is 1.52. The third-order valence-electron chi connectivity index (χ3n) is 4.98. The molecule has 0 spiro atoms. The van der Waals surface area contributed by atoms with E-state index in [2.05, 4.69) is 9.97 Å². The molecule has 1 aliphatic carbocycles. The van der Waals surface area contributed by atoms with Crippen LogP contribution >= 0.6 is 0 Å². The summed E-state index contributed by atoms with van der Waals surface area (Å²) in [7, 11) is 1.61. The van der Waals surface area contributed by atoms with E-state index >= 15 is 0 Å². The van der Waals surface area contributed by atoms with E-state index in [1.54, 1.807) is 31.5 Å². The first kappa shape index (κ1) is 19.8. The number of rotatable bonds is 7. The maximum absolute atomic E-state index is 11.5. The van der Waals surface area contributed by atoms with Crippen LogP contribution in [0.5, 0.6) is 11.5 Å². The third kappa shape index (κ3) is 3.84. The lowest BCUT2D eigenvalue weighted by Gasteiger charge is -2.20. The first-order chi connectivity index (χ1) is 14.5. The lowest BCUT2D eigenvalue weighted by molar-refractivity contribution is -0.151. The fourth-order valence-corrected chi connectivity index (χ4v) is 3.47. The van der Waals surface area contributed by atoms with Crippen LogP contribution in [0.4, 0.5) is 0 Å². The molecule has 0 radical (unpaired) electrons. The number of aromatic nitrogens is 2. The van der Waals surface area contributed by atoms with Gasteiger partial charge in [-0.25, -0.2) is 9.97 Å². The number of hydrogen-bond acceptors (Lipinski definition) is 7. The maximum atomic E-state index is 11.5. The molecule has 1 fully saturated rings. The molecule has 0 bridgehead atoms. The van der Waals surface area contributed by atoms with Crippen LogP contribution in [0.15, 0.2) is 60.8 Å². The average molecular weight is 406 g/mol. The molecule has 0 aliphatic heterocycles. The van der Waals surface area contributed by atoms with Gasteiger partial charge in [0.05, 0.1) is 18.4 Å². The summed E-state index contributed by atoms with van der Waals surface area (Å²) >= 11 is 0. The normalized spacial score (nSPS) is 19.8. The Hall–Kier alpha value is -3.45. The van der Waals surface area contributed by atoms with Crippen molar-refractivity contribution in [3.05, 3.63) is 72.1 Å². The first-order valence-corrected chi connectivity index (χ1v) is 9.59. The number of nitrogens with zero attached hydrogens (tertiary/aromatic N) is 2. The summed E-state index contributed by atoms with van der Waals surface area (Å²) in [5.74, 6) is 1.31. The van der Waals surface area contributed by atoms with E-state index < -0.39 is 17.7 Å². The number of aliphatic hydroxyl groups excluding tert-OH is 1. The molecule has 1 unspecified atom stereocenters. The number of ether oxygens (including phenoxy) is 3. The molecular formula is C23H22N2O5. The summed E-state index contributed by atoms with van der Waals surface area (Å²) < 4.78 is 16.8. The molecule has 0 amide bonds. The molecule has 1 aromatic heterocycles. The summed E-state index contributed by atoms with van der Waals surface area (Å²) in [5, 5.41) is 10.1. The molecule has 0 saturated heterocycles. The highest BCUT2D eigenvalue weighted by atomic mass is 16.6. The van der Waals surface area contributed by atoms with Crippen LogP contribution in [0, 0.1) is 0 Å². The molecule has 4 rings (SSSR count). The zero-order valence-electron chi connectivity index (χ0n) is 16.7. The van der Waals surface area contributed by atoms with Gasteiger partial charge in [0.2, 0.25) is 0 Å². The minimum absolute atomic E-state index is 0.188. The lowest BCUT2D eigenvalue weighted by Crippen LogP contribution is -2.21. The van der Waals surface area contributed by atoms with Gasteiger partial charge < -0.3 is 19.3 Å². The fraction of sp³-hybridized carbons (Fsp3) is 0.261. The van der Waals surface area contributed by atoms with Crippen molar-refractivity contribution in [2.24, 2.45) is 0 Å². The molecule has 1 heterocycles. The highest BCUT2D eigenvalue weighted by Crippen LogP contribution is 2.52. The van der Waals surface area contributed by atoms with Crippen LogP contribution < -0.4 is 9.47 Å². The van der Waals surface area contributed by atoms with E-state index in [1.807, 2.05) is 36.4 Å². The van der Waals surface area contributed by atoms with Gasteiger partial charge in [0, 0.05) is 25.1 Å². The maximum Gasteiger partial charge on any atom is 0.303 e. The van der Waals surface area contributed by atoms with E-state index in [1.165, 1.54) is 6.92 Å². The monoisotopic (exact) mass is 406 g/mol. The van der Waals surface area contributed by atoms with Crippen molar-refractivity contribution < 1.29 is 24.1 Å². The van der Waals surface area contributed by atoms with Gasteiger partial charge in [-0.05, 0) is 24.3 Å². The molecule has 1 N–H and O–H groups in total. The predicted octanol–water partition coefficient (Wildman–Crippen LogP) is 3.25. The van der Waals surface area contributed by atoms with Crippen molar-refractivity contribution in [3.8, 4) is 22.9 Å². The largest absolute Gasteiger partial charge is 0.496 e. The van der Waals surface area contributed by atoms with Gasteiger partial charge in [-0.1, -0.05) is 30.3 Å². The van der Waals surface area contributed by atoms with E-state index in [4.69, 9.17) is 14.2 Å². The lowest BCUT2D eigenvalue weighted by atomic mass is 10.1. The second-order valence-corrected chi connectivity index (χ2v) is 7.06. The van der Waals surface area contributed by atoms with Gasteiger partial charge in [0.1, 0.15) is 24.2 Å². The Morgan fingerprint density at radius 2 is 1.83 bits per heavy atom. The molecule has 1 saturated carbocycles. The molecule has 2 atom stereocenters. The number of aliphatic hydroxyl groups is 1. The molecule has 30 heavy (non-hydrogen) atoms. The number of esters is 1. The molecule has 3 aromatic rings. The molecular weight excluding hydrogens is 384 g/mol. The Bertz CT molecular complexity index is 1070.